The van der Waals surface area contributed by atoms with Gasteiger partial charge in [0.2, 0.25) is 5.91 Å². The molecule has 1 atom stereocenters. The summed E-state index contributed by atoms with van der Waals surface area (Å²) in [5.74, 6) is -0.0169. The van der Waals surface area contributed by atoms with Gasteiger partial charge in [-0.15, -0.1) is 0 Å². The molecule has 1 unspecified atom stereocenters. The van der Waals surface area contributed by atoms with Crippen LogP contribution in [0.1, 0.15) is 31.9 Å². The third-order valence-corrected chi connectivity index (χ3v) is 3.73. The molecule has 112 valence electrons. The Kier molecular flexibility index (Phi) is 7.59. The van der Waals surface area contributed by atoms with Crippen molar-refractivity contribution in [1.82, 2.24) is 10.2 Å². The molecule has 0 aliphatic carbocycles. The number of nitrogens with zero attached hydrogens (tertiary/aromatic N) is 1. The average molecular weight is 298 g/mol. The van der Waals surface area contributed by atoms with Gasteiger partial charge in [0.15, 0.2) is 0 Å². The van der Waals surface area contributed by atoms with Crippen molar-refractivity contribution in [3.05, 3.63) is 34.9 Å². The van der Waals surface area contributed by atoms with E-state index in [0.717, 1.165) is 23.7 Å². The first-order valence-corrected chi connectivity index (χ1v) is 7.47. The zero-order valence-corrected chi connectivity index (χ0v) is 13.0. The van der Waals surface area contributed by atoms with E-state index in [-0.39, 0.29) is 11.9 Å². The third kappa shape index (κ3) is 4.78. The highest BCUT2D eigenvalue weighted by Crippen LogP contribution is 2.26. The van der Waals surface area contributed by atoms with Gasteiger partial charge in [-0.1, -0.05) is 43.6 Å². The number of benzene rings is 1. The van der Waals surface area contributed by atoms with E-state index in [1.165, 1.54) is 0 Å². The topological polar surface area (TPSA) is 58.4 Å². The molecule has 1 aromatic carbocycles. The van der Waals surface area contributed by atoms with Gasteiger partial charge < -0.3 is 11.1 Å². The first-order chi connectivity index (χ1) is 9.63. The van der Waals surface area contributed by atoms with Gasteiger partial charge in [-0.3, -0.25) is 9.69 Å². The van der Waals surface area contributed by atoms with E-state index in [4.69, 9.17) is 17.3 Å². The van der Waals surface area contributed by atoms with Gasteiger partial charge in [0.25, 0.3) is 0 Å². The molecule has 1 rings (SSSR count). The monoisotopic (exact) mass is 297 g/mol. The van der Waals surface area contributed by atoms with Crippen LogP contribution in [0.4, 0.5) is 0 Å². The van der Waals surface area contributed by atoms with E-state index in [9.17, 15) is 4.79 Å². The Morgan fingerprint density at radius 2 is 2.00 bits per heavy atom. The van der Waals surface area contributed by atoms with Crippen molar-refractivity contribution in [3.8, 4) is 0 Å². The maximum absolute atomic E-state index is 11.6. The van der Waals surface area contributed by atoms with Gasteiger partial charge in [-0.25, -0.2) is 0 Å². The SMILES string of the molecule is CCN(CC)C(CNC(=O)CCN)c1ccccc1Cl. The first-order valence-electron chi connectivity index (χ1n) is 7.09. The fourth-order valence-corrected chi connectivity index (χ4v) is 2.54. The molecular formula is C15H24ClN3O. The van der Waals surface area contributed by atoms with Crippen LogP contribution in [0.2, 0.25) is 5.02 Å². The van der Waals surface area contributed by atoms with Crippen molar-refractivity contribution >= 4 is 17.5 Å². The van der Waals surface area contributed by atoms with Crippen molar-refractivity contribution in [2.45, 2.75) is 26.3 Å². The number of hydrogen-bond acceptors (Lipinski definition) is 3. The molecule has 0 spiro atoms. The second-order valence-electron chi connectivity index (χ2n) is 4.60. The summed E-state index contributed by atoms with van der Waals surface area (Å²) in [6.45, 7) is 6.93. The van der Waals surface area contributed by atoms with Crippen LogP contribution in [0.3, 0.4) is 0 Å². The van der Waals surface area contributed by atoms with Crippen LogP contribution in [-0.2, 0) is 4.79 Å². The predicted octanol–water partition coefficient (Wildman–Crippen LogP) is 2.19. The van der Waals surface area contributed by atoms with Crippen LogP contribution in [0.5, 0.6) is 0 Å². The molecule has 3 N–H and O–H groups in total. The summed E-state index contributed by atoms with van der Waals surface area (Å²) in [4.78, 5) is 13.9. The molecule has 0 radical (unpaired) electrons. The maximum atomic E-state index is 11.6. The quantitative estimate of drug-likeness (QED) is 0.773. The number of likely N-dealkylation sites (N-methyl/N-ethyl adjacent to an activating group) is 1. The fraction of sp³-hybridized carbons (Fsp3) is 0.533. The highest BCUT2D eigenvalue weighted by Gasteiger charge is 2.20. The number of amides is 1. The number of hydrogen-bond donors (Lipinski definition) is 2. The van der Waals surface area contributed by atoms with Crippen molar-refractivity contribution in [2.75, 3.05) is 26.2 Å². The van der Waals surface area contributed by atoms with Crippen molar-refractivity contribution in [2.24, 2.45) is 5.73 Å². The summed E-state index contributed by atoms with van der Waals surface area (Å²) < 4.78 is 0. The summed E-state index contributed by atoms with van der Waals surface area (Å²) >= 11 is 6.29. The lowest BCUT2D eigenvalue weighted by Gasteiger charge is -2.30. The summed E-state index contributed by atoms with van der Waals surface area (Å²) in [6, 6.07) is 7.87. The fourth-order valence-electron chi connectivity index (χ4n) is 2.28. The Labute approximate surface area is 126 Å². The maximum Gasteiger partial charge on any atom is 0.221 e. The van der Waals surface area contributed by atoms with Crippen LogP contribution in [-0.4, -0.2) is 37.0 Å². The van der Waals surface area contributed by atoms with E-state index < -0.39 is 0 Å². The lowest BCUT2D eigenvalue weighted by molar-refractivity contribution is -0.121. The van der Waals surface area contributed by atoms with E-state index in [0.29, 0.717) is 19.5 Å². The molecule has 4 nitrogen and oxygen atoms in total. The lowest BCUT2D eigenvalue weighted by Crippen LogP contribution is -2.38. The Balaban J connectivity index is 2.86. The first kappa shape index (κ1) is 17.0. The number of rotatable bonds is 8. The standard InChI is InChI=1S/C15H24ClN3O/c1-3-19(4-2)14(11-18-15(20)9-10-17)12-7-5-6-8-13(12)16/h5-8,14H,3-4,9-11,17H2,1-2H3,(H,18,20). The van der Waals surface area contributed by atoms with Crippen LogP contribution in [0, 0.1) is 0 Å². The molecule has 0 fully saturated rings. The van der Waals surface area contributed by atoms with Crippen LogP contribution >= 0.6 is 11.6 Å². The Morgan fingerprint density at radius 1 is 1.35 bits per heavy atom. The zero-order chi connectivity index (χ0) is 15.0. The Hall–Kier alpha value is -1.10. The smallest absolute Gasteiger partial charge is 0.221 e. The molecular weight excluding hydrogens is 274 g/mol. The molecule has 0 saturated heterocycles. The minimum absolute atomic E-state index is 0.0169. The van der Waals surface area contributed by atoms with E-state index >= 15 is 0 Å². The summed E-state index contributed by atoms with van der Waals surface area (Å²) in [6.07, 6.45) is 0.355. The summed E-state index contributed by atoms with van der Waals surface area (Å²) in [7, 11) is 0. The second-order valence-corrected chi connectivity index (χ2v) is 5.01. The molecule has 1 aromatic rings. The highest BCUT2D eigenvalue weighted by molar-refractivity contribution is 6.31. The predicted molar refractivity (Wildman–Crippen MR) is 83.8 cm³/mol. The molecule has 0 aliphatic rings. The molecule has 0 aliphatic heterocycles. The van der Waals surface area contributed by atoms with E-state index in [1.54, 1.807) is 0 Å². The van der Waals surface area contributed by atoms with Crippen LogP contribution < -0.4 is 11.1 Å². The van der Waals surface area contributed by atoms with E-state index in [2.05, 4.69) is 24.1 Å². The number of nitrogens with two attached hydrogens (primary N) is 1. The Morgan fingerprint density at radius 3 is 2.55 bits per heavy atom. The van der Waals surface area contributed by atoms with Crippen LogP contribution in [0.25, 0.3) is 0 Å². The number of halogens is 1. The van der Waals surface area contributed by atoms with Gasteiger partial charge in [0.1, 0.15) is 0 Å². The highest BCUT2D eigenvalue weighted by atomic mass is 35.5. The van der Waals surface area contributed by atoms with Gasteiger partial charge >= 0.3 is 0 Å². The summed E-state index contributed by atoms with van der Waals surface area (Å²) in [5.41, 5.74) is 6.44. The van der Waals surface area contributed by atoms with Gasteiger partial charge in [0.05, 0.1) is 6.04 Å². The average Bonchev–Trinajstić information content (AvgIpc) is 2.45. The number of nitrogens with one attached hydrogen (secondary N) is 1. The number of carbonyl (C=O) groups excluding carboxylic acids is 1. The van der Waals surface area contributed by atoms with Gasteiger partial charge in [-0.05, 0) is 24.7 Å². The molecule has 1 amide bonds. The number of carbonyl (C=O) groups is 1. The van der Waals surface area contributed by atoms with Crippen LogP contribution in [0.15, 0.2) is 24.3 Å². The Bertz CT molecular complexity index is 421. The van der Waals surface area contributed by atoms with Crippen molar-refractivity contribution in [3.63, 3.8) is 0 Å². The minimum atomic E-state index is -0.0169. The second kappa shape index (κ2) is 8.95. The molecule has 0 saturated carbocycles. The normalized spacial score (nSPS) is 12.4. The minimum Gasteiger partial charge on any atom is -0.354 e. The molecule has 0 aromatic heterocycles. The van der Waals surface area contributed by atoms with Gasteiger partial charge in [0, 0.05) is 24.5 Å². The van der Waals surface area contributed by atoms with Crippen molar-refractivity contribution in [1.29, 1.82) is 0 Å². The van der Waals surface area contributed by atoms with Gasteiger partial charge in [-0.2, -0.15) is 0 Å². The van der Waals surface area contributed by atoms with E-state index in [1.807, 2.05) is 24.3 Å². The molecule has 20 heavy (non-hydrogen) atoms. The third-order valence-electron chi connectivity index (χ3n) is 3.38. The zero-order valence-electron chi connectivity index (χ0n) is 12.2. The van der Waals surface area contributed by atoms with Crippen molar-refractivity contribution < 1.29 is 4.79 Å². The summed E-state index contributed by atoms with van der Waals surface area (Å²) in [5, 5.41) is 3.67. The lowest BCUT2D eigenvalue weighted by atomic mass is 10.0. The molecule has 5 heteroatoms. The molecule has 0 heterocycles. The molecule has 0 bridgehead atoms. The largest absolute Gasteiger partial charge is 0.354 e.